The van der Waals surface area contributed by atoms with Gasteiger partial charge in [0.1, 0.15) is 11.2 Å². The maximum Gasteiger partial charge on any atom is 0.164 e. The molecule has 5 nitrogen and oxygen atoms in total. The molecule has 1 spiro atoms. The van der Waals surface area contributed by atoms with E-state index in [-0.39, 0.29) is 0 Å². The minimum atomic E-state index is -0.620. The highest BCUT2D eigenvalue weighted by molar-refractivity contribution is 6.17. The van der Waals surface area contributed by atoms with Crippen molar-refractivity contribution >= 4 is 21.9 Å². The summed E-state index contributed by atoms with van der Waals surface area (Å²) >= 11 is 0. The first kappa shape index (κ1) is 28.7. The van der Waals surface area contributed by atoms with E-state index in [1.165, 1.54) is 33.4 Å². The SMILES string of the molecule is N#Cc1cccc2oc3ccc4c(c3c12)-c1ccccc1C41c2ccccc2-c2ccc(-c3nc(-c4ccccc4)nc(-c4ccccc4)n3)cc21. The Kier molecular flexibility index (Phi) is 5.88. The molecule has 0 N–H and O–H groups in total. The summed E-state index contributed by atoms with van der Waals surface area (Å²) in [6.45, 7) is 0. The maximum atomic E-state index is 10.2. The van der Waals surface area contributed by atoms with Crippen molar-refractivity contribution in [1.29, 1.82) is 5.26 Å². The lowest BCUT2D eigenvalue weighted by Crippen LogP contribution is -2.25. The second-order valence-corrected chi connectivity index (χ2v) is 13.4. The number of hydrogen-bond acceptors (Lipinski definition) is 5. The predicted octanol–water partition coefficient (Wildman–Crippen LogP) is 11.0. The fourth-order valence-electron chi connectivity index (χ4n) is 8.70. The normalized spacial score (nSPS) is 15.0. The third kappa shape index (κ3) is 3.78. The summed E-state index contributed by atoms with van der Waals surface area (Å²) in [5, 5.41) is 12.1. The van der Waals surface area contributed by atoms with Gasteiger partial charge in [-0.15, -0.1) is 0 Å². The number of furan rings is 1. The summed E-state index contributed by atoms with van der Waals surface area (Å²) < 4.78 is 6.42. The number of aromatic nitrogens is 3. The molecular formula is C47H26N4O. The first-order chi connectivity index (χ1) is 25.7. The van der Waals surface area contributed by atoms with Gasteiger partial charge in [-0.1, -0.05) is 133 Å². The molecule has 2 aromatic heterocycles. The van der Waals surface area contributed by atoms with Gasteiger partial charge in [0.25, 0.3) is 0 Å². The van der Waals surface area contributed by atoms with Crippen LogP contribution < -0.4 is 0 Å². The van der Waals surface area contributed by atoms with E-state index >= 15 is 0 Å². The average Bonchev–Trinajstić information content (AvgIpc) is 3.85. The van der Waals surface area contributed by atoms with E-state index in [0.29, 0.717) is 28.6 Å². The Labute approximate surface area is 299 Å². The topological polar surface area (TPSA) is 75.6 Å². The van der Waals surface area contributed by atoms with Gasteiger partial charge < -0.3 is 4.42 Å². The van der Waals surface area contributed by atoms with Gasteiger partial charge in [0.05, 0.1) is 17.0 Å². The van der Waals surface area contributed by atoms with E-state index in [2.05, 4.69) is 84.9 Å². The summed E-state index contributed by atoms with van der Waals surface area (Å²) in [6, 6.07) is 56.7. The monoisotopic (exact) mass is 662 g/mol. The molecule has 52 heavy (non-hydrogen) atoms. The molecule has 7 aromatic carbocycles. The van der Waals surface area contributed by atoms with Crippen LogP contribution in [0, 0.1) is 11.3 Å². The van der Waals surface area contributed by atoms with E-state index in [4.69, 9.17) is 19.4 Å². The standard InChI is InChI=1S/C47H26N4O/c48-27-31-16-11-21-39-41(31)43-40(52-39)25-24-37-42(43)34-18-8-10-20-36(34)47(37)35-19-9-7-17-32(35)33-23-22-30(26-38(33)47)46-50-44(28-12-3-1-4-13-28)49-45(51-46)29-14-5-2-6-15-29/h1-26H. The Morgan fingerprint density at radius 3 is 1.71 bits per heavy atom. The third-order valence-corrected chi connectivity index (χ3v) is 10.8. The van der Waals surface area contributed by atoms with Gasteiger partial charge in [-0.05, 0) is 68.8 Å². The van der Waals surface area contributed by atoms with Crippen molar-refractivity contribution in [3.63, 3.8) is 0 Å². The van der Waals surface area contributed by atoms with Crippen LogP contribution in [0.1, 0.15) is 27.8 Å². The van der Waals surface area contributed by atoms with Gasteiger partial charge in [0.15, 0.2) is 17.5 Å². The molecule has 9 aromatic rings. The van der Waals surface area contributed by atoms with Crippen molar-refractivity contribution in [2.24, 2.45) is 0 Å². The average molecular weight is 663 g/mol. The van der Waals surface area contributed by atoms with Crippen LogP contribution in [0.2, 0.25) is 0 Å². The fourth-order valence-corrected chi connectivity index (χ4v) is 8.70. The lowest BCUT2D eigenvalue weighted by atomic mass is 9.70. The van der Waals surface area contributed by atoms with Gasteiger partial charge in [-0.2, -0.15) is 5.26 Å². The van der Waals surface area contributed by atoms with Crippen molar-refractivity contribution in [3.05, 3.63) is 186 Å². The summed E-state index contributed by atoms with van der Waals surface area (Å²) in [4.78, 5) is 15.1. The molecule has 0 aliphatic heterocycles. The second kappa shape index (κ2) is 10.7. The molecule has 0 saturated heterocycles. The molecule has 0 bridgehead atoms. The van der Waals surface area contributed by atoms with Crippen LogP contribution in [-0.4, -0.2) is 15.0 Å². The van der Waals surface area contributed by atoms with Gasteiger partial charge >= 0.3 is 0 Å². The molecule has 5 heteroatoms. The van der Waals surface area contributed by atoms with Crippen molar-refractivity contribution in [3.8, 4) is 62.5 Å². The Morgan fingerprint density at radius 2 is 1.02 bits per heavy atom. The molecular weight excluding hydrogens is 637 g/mol. The predicted molar refractivity (Wildman–Crippen MR) is 204 cm³/mol. The van der Waals surface area contributed by atoms with Crippen LogP contribution in [-0.2, 0) is 5.41 Å². The summed E-state index contributed by atoms with van der Waals surface area (Å²) in [5.74, 6) is 1.87. The number of hydrogen-bond donors (Lipinski definition) is 0. The van der Waals surface area contributed by atoms with Crippen molar-refractivity contribution < 1.29 is 4.42 Å². The molecule has 2 aliphatic rings. The van der Waals surface area contributed by atoms with Gasteiger partial charge in [0.2, 0.25) is 0 Å². The first-order valence-electron chi connectivity index (χ1n) is 17.3. The van der Waals surface area contributed by atoms with Crippen molar-refractivity contribution in [1.82, 2.24) is 15.0 Å². The smallest absolute Gasteiger partial charge is 0.164 e. The maximum absolute atomic E-state index is 10.2. The molecule has 0 saturated carbocycles. The molecule has 2 aliphatic carbocycles. The quantitative estimate of drug-likeness (QED) is 0.188. The lowest BCUT2D eigenvalue weighted by Gasteiger charge is -2.30. The zero-order valence-electron chi connectivity index (χ0n) is 27.7. The van der Waals surface area contributed by atoms with Gasteiger partial charge in [0, 0.05) is 27.5 Å². The summed E-state index contributed by atoms with van der Waals surface area (Å²) in [5.41, 5.74) is 13.7. The molecule has 0 fully saturated rings. The van der Waals surface area contributed by atoms with Gasteiger partial charge in [-0.25, -0.2) is 15.0 Å². The number of fused-ring (bicyclic) bond motifs is 14. The second-order valence-electron chi connectivity index (χ2n) is 13.4. The van der Waals surface area contributed by atoms with Gasteiger partial charge in [-0.3, -0.25) is 0 Å². The van der Waals surface area contributed by atoms with E-state index in [1.54, 1.807) is 0 Å². The number of nitrogens with zero attached hydrogens (tertiary/aromatic N) is 4. The highest BCUT2D eigenvalue weighted by Crippen LogP contribution is 2.64. The van der Waals surface area contributed by atoms with E-state index in [0.717, 1.165) is 44.2 Å². The van der Waals surface area contributed by atoms with Crippen LogP contribution >= 0.6 is 0 Å². The van der Waals surface area contributed by atoms with E-state index in [1.807, 2.05) is 78.9 Å². The highest BCUT2D eigenvalue weighted by atomic mass is 16.3. The van der Waals surface area contributed by atoms with E-state index in [9.17, 15) is 5.26 Å². The van der Waals surface area contributed by atoms with Crippen molar-refractivity contribution in [2.45, 2.75) is 5.41 Å². The Bertz CT molecular complexity index is 2920. The third-order valence-electron chi connectivity index (χ3n) is 10.8. The molecule has 11 rings (SSSR count). The number of rotatable bonds is 3. The zero-order valence-corrected chi connectivity index (χ0v) is 27.7. The summed E-state index contributed by atoms with van der Waals surface area (Å²) in [7, 11) is 0. The number of benzene rings is 7. The first-order valence-corrected chi connectivity index (χ1v) is 17.3. The van der Waals surface area contributed by atoms with Crippen molar-refractivity contribution in [2.75, 3.05) is 0 Å². The minimum absolute atomic E-state index is 0.607. The molecule has 0 amide bonds. The lowest BCUT2D eigenvalue weighted by molar-refractivity contribution is 0.668. The van der Waals surface area contributed by atoms with Crippen LogP contribution in [0.25, 0.3) is 78.4 Å². The zero-order chi connectivity index (χ0) is 34.4. The molecule has 1 atom stereocenters. The molecule has 240 valence electrons. The largest absolute Gasteiger partial charge is 0.456 e. The van der Waals surface area contributed by atoms with Crippen LogP contribution in [0.5, 0.6) is 0 Å². The van der Waals surface area contributed by atoms with Crippen LogP contribution in [0.3, 0.4) is 0 Å². The van der Waals surface area contributed by atoms with E-state index < -0.39 is 5.41 Å². The highest BCUT2D eigenvalue weighted by Gasteiger charge is 2.52. The fraction of sp³-hybridized carbons (Fsp3) is 0.0213. The Hall–Kier alpha value is -7.16. The van der Waals surface area contributed by atoms with Crippen LogP contribution in [0.15, 0.2) is 162 Å². The molecule has 2 heterocycles. The summed E-state index contributed by atoms with van der Waals surface area (Å²) in [6.07, 6.45) is 0. The molecule has 1 unspecified atom stereocenters. The van der Waals surface area contributed by atoms with Crippen LogP contribution in [0.4, 0.5) is 0 Å². The Morgan fingerprint density at radius 1 is 0.442 bits per heavy atom. The Balaban J connectivity index is 1.22. The number of nitriles is 1. The molecule has 0 radical (unpaired) electrons. The minimum Gasteiger partial charge on any atom is -0.456 e.